The van der Waals surface area contributed by atoms with Gasteiger partial charge in [-0.2, -0.15) is 0 Å². The topological polar surface area (TPSA) is 81.4 Å². The van der Waals surface area contributed by atoms with Crippen molar-refractivity contribution in [1.29, 1.82) is 0 Å². The molecule has 150 valence electrons. The lowest BCUT2D eigenvalue weighted by Crippen LogP contribution is -2.21. The number of hydrogen-bond acceptors (Lipinski definition) is 6. The van der Waals surface area contributed by atoms with E-state index in [2.05, 4.69) is 10.5 Å². The number of carbonyl (C=O) groups excluding carboxylic acids is 2. The minimum absolute atomic E-state index is 0.0121. The molecule has 0 saturated heterocycles. The molecule has 1 heterocycles. The highest BCUT2D eigenvalue weighted by molar-refractivity contribution is 8.01. The molecule has 1 atom stereocenters. The third-order valence-electron chi connectivity index (χ3n) is 3.90. The summed E-state index contributed by atoms with van der Waals surface area (Å²) in [6.07, 6.45) is 0. The Hall–Kier alpha value is -3.13. The molecule has 6 nitrogen and oxygen atoms in total. The van der Waals surface area contributed by atoms with Gasteiger partial charge in [-0.3, -0.25) is 9.59 Å². The van der Waals surface area contributed by atoms with Crippen LogP contribution in [0.1, 0.15) is 12.6 Å². The summed E-state index contributed by atoms with van der Waals surface area (Å²) in [7, 11) is 0. The standard InChI is InChI=1S/C21H19FN2O4S/c1-14(29-13-20(25)23-17-9-7-16(22)8-10-17)21(26)27-12-18-11-19(28-24-18)15-5-3-2-4-6-15/h2-11,14H,12-13H2,1H3,(H,23,25)/t14-/m0/s1. The van der Waals surface area contributed by atoms with Crippen LogP contribution in [0.15, 0.2) is 65.2 Å². The number of thioether (sulfide) groups is 1. The third kappa shape index (κ3) is 6.18. The monoisotopic (exact) mass is 414 g/mol. The Labute approximate surface area is 171 Å². The predicted molar refractivity (Wildman–Crippen MR) is 109 cm³/mol. The molecule has 1 N–H and O–H groups in total. The number of ether oxygens (including phenoxy) is 1. The van der Waals surface area contributed by atoms with Crippen molar-refractivity contribution in [3.8, 4) is 11.3 Å². The number of amides is 1. The van der Waals surface area contributed by atoms with Gasteiger partial charge < -0.3 is 14.6 Å². The molecular formula is C21H19FN2O4S. The predicted octanol–water partition coefficient (Wildman–Crippen LogP) is 4.28. The van der Waals surface area contributed by atoms with Crippen LogP contribution in [-0.4, -0.2) is 28.0 Å². The summed E-state index contributed by atoms with van der Waals surface area (Å²) in [6.45, 7) is 1.65. The lowest BCUT2D eigenvalue weighted by molar-refractivity contribution is -0.144. The zero-order valence-corrected chi connectivity index (χ0v) is 16.4. The van der Waals surface area contributed by atoms with E-state index in [9.17, 15) is 14.0 Å². The summed E-state index contributed by atoms with van der Waals surface area (Å²) in [4.78, 5) is 24.1. The van der Waals surface area contributed by atoms with Gasteiger partial charge in [0.2, 0.25) is 5.91 Å². The molecule has 0 spiro atoms. The van der Waals surface area contributed by atoms with E-state index in [-0.39, 0.29) is 24.1 Å². The smallest absolute Gasteiger partial charge is 0.319 e. The van der Waals surface area contributed by atoms with Gasteiger partial charge in [0.25, 0.3) is 0 Å². The second-order valence-corrected chi connectivity index (χ2v) is 7.49. The molecule has 0 bridgehead atoms. The Morgan fingerprint density at radius 1 is 1.17 bits per heavy atom. The van der Waals surface area contributed by atoms with Crippen molar-refractivity contribution in [3.05, 3.63) is 72.2 Å². The fourth-order valence-electron chi connectivity index (χ4n) is 2.38. The number of nitrogens with one attached hydrogen (secondary N) is 1. The minimum Gasteiger partial charge on any atom is -0.458 e. The molecular weight excluding hydrogens is 395 g/mol. The number of anilines is 1. The summed E-state index contributed by atoms with van der Waals surface area (Å²) in [5, 5.41) is 6.01. The summed E-state index contributed by atoms with van der Waals surface area (Å²) >= 11 is 1.15. The minimum atomic E-state index is -0.533. The van der Waals surface area contributed by atoms with E-state index in [0.717, 1.165) is 17.3 Å². The summed E-state index contributed by atoms with van der Waals surface area (Å²) in [5.74, 6) is -0.456. The molecule has 1 amide bonds. The maximum Gasteiger partial charge on any atom is 0.319 e. The molecule has 3 rings (SSSR count). The van der Waals surface area contributed by atoms with Crippen molar-refractivity contribution in [2.75, 3.05) is 11.1 Å². The molecule has 29 heavy (non-hydrogen) atoms. The zero-order chi connectivity index (χ0) is 20.6. The van der Waals surface area contributed by atoms with Gasteiger partial charge in [-0.05, 0) is 31.2 Å². The van der Waals surface area contributed by atoms with Crippen molar-refractivity contribution < 1.29 is 23.2 Å². The van der Waals surface area contributed by atoms with E-state index in [0.29, 0.717) is 17.1 Å². The van der Waals surface area contributed by atoms with Gasteiger partial charge in [0.05, 0.1) is 5.75 Å². The van der Waals surface area contributed by atoms with Crippen LogP contribution < -0.4 is 5.32 Å². The van der Waals surface area contributed by atoms with Gasteiger partial charge >= 0.3 is 5.97 Å². The van der Waals surface area contributed by atoms with Crippen molar-refractivity contribution in [3.63, 3.8) is 0 Å². The maximum atomic E-state index is 12.9. The first-order valence-electron chi connectivity index (χ1n) is 8.86. The van der Waals surface area contributed by atoms with E-state index < -0.39 is 11.2 Å². The number of hydrogen-bond donors (Lipinski definition) is 1. The van der Waals surface area contributed by atoms with Gasteiger partial charge in [-0.15, -0.1) is 11.8 Å². The molecule has 0 radical (unpaired) electrons. The number of nitrogens with zero attached hydrogens (tertiary/aromatic N) is 1. The molecule has 8 heteroatoms. The highest BCUT2D eigenvalue weighted by Gasteiger charge is 2.18. The molecule has 0 unspecified atom stereocenters. The third-order valence-corrected chi connectivity index (χ3v) is 5.03. The number of carbonyl (C=O) groups is 2. The highest BCUT2D eigenvalue weighted by Crippen LogP contribution is 2.20. The van der Waals surface area contributed by atoms with Gasteiger partial charge in [0.15, 0.2) is 5.76 Å². The molecule has 0 aliphatic heterocycles. The van der Waals surface area contributed by atoms with Crippen LogP contribution in [0.2, 0.25) is 0 Å². The second kappa shape index (κ2) is 9.88. The largest absolute Gasteiger partial charge is 0.458 e. The fraction of sp³-hybridized carbons (Fsp3) is 0.190. The van der Waals surface area contributed by atoms with E-state index >= 15 is 0 Å². The highest BCUT2D eigenvalue weighted by atomic mass is 32.2. The quantitative estimate of drug-likeness (QED) is 0.554. The molecule has 3 aromatic rings. The summed E-state index contributed by atoms with van der Waals surface area (Å²) in [5.41, 5.74) is 1.88. The van der Waals surface area contributed by atoms with E-state index in [4.69, 9.17) is 9.26 Å². The van der Waals surface area contributed by atoms with Gasteiger partial charge in [0.1, 0.15) is 23.4 Å². The summed E-state index contributed by atoms with van der Waals surface area (Å²) in [6, 6.07) is 16.7. The SMILES string of the molecule is C[C@H](SCC(=O)Nc1ccc(F)cc1)C(=O)OCc1cc(-c2ccccc2)on1. The average molecular weight is 414 g/mol. The molecule has 0 fully saturated rings. The molecule has 0 aliphatic carbocycles. The Bertz CT molecular complexity index is 960. The maximum absolute atomic E-state index is 12.9. The number of rotatable bonds is 8. The van der Waals surface area contributed by atoms with Crippen molar-refractivity contribution in [1.82, 2.24) is 5.16 Å². The van der Waals surface area contributed by atoms with Crippen molar-refractivity contribution in [2.45, 2.75) is 18.8 Å². The second-order valence-electron chi connectivity index (χ2n) is 6.16. The van der Waals surface area contributed by atoms with Crippen LogP contribution in [-0.2, 0) is 20.9 Å². The van der Waals surface area contributed by atoms with Crippen LogP contribution >= 0.6 is 11.8 Å². The summed E-state index contributed by atoms with van der Waals surface area (Å²) < 4.78 is 23.4. The molecule has 1 aromatic heterocycles. The number of halogens is 1. The Balaban J connectivity index is 1.42. The average Bonchev–Trinajstić information content (AvgIpc) is 3.21. The lowest BCUT2D eigenvalue weighted by Gasteiger charge is -2.10. The first-order valence-corrected chi connectivity index (χ1v) is 9.91. The van der Waals surface area contributed by atoms with Crippen molar-refractivity contribution >= 4 is 29.3 Å². The van der Waals surface area contributed by atoms with Gasteiger partial charge in [-0.25, -0.2) is 4.39 Å². The molecule has 0 aliphatic rings. The van der Waals surface area contributed by atoms with E-state index in [1.54, 1.807) is 13.0 Å². The van der Waals surface area contributed by atoms with E-state index in [1.807, 2.05) is 30.3 Å². The van der Waals surface area contributed by atoms with E-state index in [1.165, 1.54) is 24.3 Å². The number of aromatic nitrogens is 1. The van der Waals surface area contributed by atoms with Crippen LogP contribution in [0.4, 0.5) is 10.1 Å². The lowest BCUT2D eigenvalue weighted by atomic mass is 10.2. The first kappa shape index (κ1) is 20.6. The van der Waals surface area contributed by atoms with Crippen LogP contribution in [0.25, 0.3) is 11.3 Å². The molecule has 0 saturated carbocycles. The zero-order valence-electron chi connectivity index (χ0n) is 15.6. The Morgan fingerprint density at radius 2 is 1.90 bits per heavy atom. The van der Waals surface area contributed by atoms with Gasteiger partial charge in [-0.1, -0.05) is 35.5 Å². The van der Waals surface area contributed by atoms with Crippen LogP contribution in [0.5, 0.6) is 0 Å². The number of esters is 1. The Morgan fingerprint density at radius 3 is 2.62 bits per heavy atom. The normalized spacial score (nSPS) is 11.7. The first-order chi connectivity index (χ1) is 14.0. The Kier molecular flexibility index (Phi) is 7.02. The van der Waals surface area contributed by atoms with Crippen molar-refractivity contribution in [2.24, 2.45) is 0 Å². The molecule has 2 aromatic carbocycles. The van der Waals surface area contributed by atoms with Gasteiger partial charge in [0, 0.05) is 17.3 Å². The van der Waals surface area contributed by atoms with Crippen LogP contribution in [0.3, 0.4) is 0 Å². The fourth-order valence-corrected chi connectivity index (χ4v) is 3.06. The number of benzene rings is 2. The van der Waals surface area contributed by atoms with Crippen LogP contribution in [0, 0.1) is 5.82 Å².